The maximum absolute atomic E-state index is 13.6. The standard InChI is InChI=1S/C23H30O/c1-22-14-13-19-16-8-4-5-9-17(16)21(24)23(19,2)20(22)12-11-15-7-3-6-10-18(15)22/h3,6-7,10,16-17,19-20H,4-5,8-9,11-14H2,1-2H3/t16-,17-,19+,20-,22-,23-/m0/s1. The first-order chi connectivity index (χ1) is 11.6. The first-order valence-corrected chi connectivity index (χ1v) is 10.2. The third-order valence-corrected chi connectivity index (χ3v) is 8.78. The molecule has 0 heterocycles. The SMILES string of the molecule is C[C@]12C(=O)[C@H]3CCCC[C@@H]3[C@H]1CC[C@@]1(C)c3ccccc3CC[C@H]21. The zero-order chi connectivity index (χ0) is 16.5. The van der Waals surface area contributed by atoms with E-state index >= 15 is 0 Å². The van der Waals surface area contributed by atoms with E-state index in [0.717, 1.165) is 0 Å². The van der Waals surface area contributed by atoms with Crippen molar-refractivity contribution >= 4 is 5.78 Å². The fraction of sp³-hybridized carbons (Fsp3) is 0.696. The lowest BCUT2D eigenvalue weighted by Gasteiger charge is -2.56. The summed E-state index contributed by atoms with van der Waals surface area (Å²) in [5, 5.41) is 0. The van der Waals surface area contributed by atoms with E-state index in [1.165, 1.54) is 51.4 Å². The van der Waals surface area contributed by atoms with Crippen molar-refractivity contribution in [2.24, 2.45) is 29.1 Å². The summed E-state index contributed by atoms with van der Waals surface area (Å²) in [5.74, 6) is 2.98. The predicted octanol–water partition coefficient (Wildman–Crippen LogP) is 5.31. The molecule has 24 heavy (non-hydrogen) atoms. The Morgan fingerprint density at radius 2 is 1.79 bits per heavy atom. The summed E-state index contributed by atoms with van der Waals surface area (Å²) in [4.78, 5) is 13.6. The van der Waals surface area contributed by atoms with Crippen LogP contribution in [0, 0.1) is 29.1 Å². The first-order valence-electron chi connectivity index (χ1n) is 10.2. The first kappa shape index (κ1) is 15.2. The predicted molar refractivity (Wildman–Crippen MR) is 96.9 cm³/mol. The number of aryl methyl sites for hydroxylation is 1. The van der Waals surface area contributed by atoms with E-state index in [1.807, 2.05) is 0 Å². The van der Waals surface area contributed by atoms with Crippen molar-refractivity contribution in [3.63, 3.8) is 0 Å². The highest BCUT2D eigenvalue weighted by Crippen LogP contribution is 2.67. The molecular formula is C23H30O. The van der Waals surface area contributed by atoms with Gasteiger partial charge < -0.3 is 0 Å². The van der Waals surface area contributed by atoms with Crippen LogP contribution in [0.1, 0.15) is 69.9 Å². The highest BCUT2D eigenvalue weighted by atomic mass is 16.1. The normalized spacial score (nSPS) is 46.7. The molecule has 1 aromatic rings. The molecule has 1 aromatic carbocycles. The second kappa shape index (κ2) is 4.96. The second-order valence-corrected chi connectivity index (χ2v) is 9.51. The molecule has 128 valence electrons. The molecule has 0 amide bonds. The van der Waals surface area contributed by atoms with E-state index in [4.69, 9.17) is 0 Å². The van der Waals surface area contributed by atoms with Crippen LogP contribution in [0.25, 0.3) is 0 Å². The number of carbonyl (C=O) groups excluding carboxylic acids is 1. The Morgan fingerprint density at radius 3 is 2.67 bits per heavy atom. The molecule has 0 radical (unpaired) electrons. The number of ketones is 1. The van der Waals surface area contributed by atoms with Gasteiger partial charge in [0, 0.05) is 11.3 Å². The molecule has 0 unspecified atom stereocenters. The molecule has 1 nitrogen and oxygen atoms in total. The monoisotopic (exact) mass is 322 g/mol. The van der Waals surface area contributed by atoms with Gasteiger partial charge in [0.15, 0.2) is 0 Å². The molecule has 3 saturated carbocycles. The summed E-state index contributed by atoms with van der Waals surface area (Å²) in [6, 6.07) is 9.07. The smallest absolute Gasteiger partial charge is 0.142 e. The highest BCUT2D eigenvalue weighted by Gasteiger charge is 2.66. The van der Waals surface area contributed by atoms with Gasteiger partial charge in [-0.1, -0.05) is 51.0 Å². The molecule has 1 heteroatoms. The van der Waals surface area contributed by atoms with E-state index in [1.54, 1.807) is 11.1 Å². The number of Topliss-reactive ketones (excluding diaryl/α,β-unsaturated/α-hetero) is 1. The Kier molecular flexibility index (Phi) is 3.13. The van der Waals surface area contributed by atoms with E-state index < -0.39 is 0 Å². The molecule has 4 aliphatic carbocycles. The number of rotatable bonds is 0. The summed E-state index contributed by atoms with van der Waals surface area (Å²) >= 11 is 0. The van der Waals surface area contributed by atoms with E-state index in [9.17, 15) is 4.79 Å². The van der Waals surface area contributed by atoms with Gasteiger partial charge in [0.2, 0.25) is 0 Å². The van der Waals surface area contributed by atoms with Gasteiger partial charge in [0.1, 0.15) is 5.78 Å². The van der Waals surface area contributed by atoms with Crippen molar-refractivity contribution < 1.29 is 4.79 Å². The van der Waals surface area contributed by atoms with Crippen molar-refractivity contribution in [2.75, 3.05) is 0 Å². The van der Waals surface area contributed by atoms with Gasteiger partial charge in [-0.05, 0) is 72.8 Å². The van der Waals surface area contributed by atoms with E-state index in [2.05, 4.69) is 38.1 Å². The Hall–Kier alpha value is -1.11. The zero-order valence-corrected chi connectivity index (χ0v) is 15.2. The van der Waals surface area contributed by atoms with Gasteiger partial charge in [-0.2, -0.15) is 0 Å². The topological polar surface area (TPSA) is 17.1 Å². The van der Waals surface area contributed by atoms with Crippen molar-refractivity contribution in [2.45, 2.75) is 70.6 Å². The summed E-state index contributed by atoms with van der Waals surface area (Å²) in [7, 11) is 0. The number of hydrogen-bond donors (Lipinski definition) is 0. The average Bonchev–Trinajstić information content (AvgIpc) is 2.83. The van der Waals surface area contributed by atoms with Crippen LogP contribution in [0.15, 0.2) is 24.3 Å². The van der Waals surface area contributed by atoms with Crippen LogP contribution in [-0.2, 0) is 16.6 Å². The Bertz CT molecular complexity index is 691. The van der Waals surface area contributed by atoms with E-state index in [-0.39, 0.29) is 10.8 Å². The summed E-state index contributed by atoms with van der Waals surface area (Å²) < 4.78 is 0. The Balaban J connectivity index is 1.62. The van der Waals surface area contributed by atoms with Crippen LogP contribution >= 0.6 is 0 Å². The molecule has 0 saturated heterocycles. The van der Waals surface area contributed by atoms with Crippen LogP contribution < -0.4 is 0 Å². The molecule has 0 aliphatic heterocycles. The number of hydrogen-bond acceptors (Lipinski definition) is 1. The molecule has 5 rings (SSSR count). The molecule has 4 aliphatic rings. The van der Waals surface area contributed by atoms with Gasteiger partial charge in [-0.25, -0.2) is 0 Å². The van der Waals surface area contributed by atoms with E-state index in [0.29, 0.717) is 29.5 Å². The molecule has 3 fully saturated rings. The number of carbonyl (C=O) groups is 1. The quantitative estimate of drug-likeness (QED) is 0.632. The Morgan fingerprint density at radius 1 is 1.00 bits per heavy atom. The fourth-order valence-electron chi connectivity index (χ4n) is 7.77. The highest BCUT2D eigenvalue weighted by molar-refractivity contribution is 5.90. The number of benzene rings is 1. The van der Waals surface area contributed by atoms with Crippen molar-refractivity contribution in [3.05, 3.63) is 35.4 Å². The van der Waals surface area contributed by atoms with Gasteiger partial charge >= 0.3 is 0 Å². The van der Waals surface area contributed by atoms with Gasteiger partial charge in [0.05, 0.1) is 0 Å². The molecule has 0 aromatic heterocycles. The van der Waals surface area contributed by atoms with Crippen LogP contribution in [0.3, 0.4) is 0 Å². The average molecular weight is 322 g/mol. The third kappa shape index (κ3) is 1.69. The van der Waals surface area contributed by atoms with Crippen LogP contribution in [0.5, 0.6) is 0 Å². The van der Waals surface area contributed by atoms with Gasteiger partial charge in [0.25, 0.3) is 0 Å². The molecular weight excluding hydrogens is 292 g/mol. The Labute approximate surface area is 146 Å². The van der Waals surface area contributed by atoms with Crippen molar-refractivity contribution in [1.82, 2.24) is 0 Å². The minimum Gasteiger partial charge on any atom is -0.299 e. The summed E-state index contributed by atoms with van der Waals surface area (Å²) in [6.45, 7) is 4.86. The van der Waals surface area contributed by atoms with Crippen molar-refractivity contribution in [1.29, 1.82) is 0 Å². The molecule has 0 bridgehead atoms. The lowest BCUT2D eigenvalue weighted by atomic mass is 9.47. The minimum atomic E-state index is -0.0554. The summed E-state index contributed by atoms with van der Waals surface area (Å²) in [5.41, 5.74) is 3.26. The molecule has 0 spiro atoms. The minimum absolute atomic E-state index is 0.0554. The van der Waals surface area contributed by atoms with Gasteiger partial charge in [-0.3, -0.25) is 4.79 Å². The van der Waals surface area contributed by atoms with Crippen LogP contribution in [-0.4, -0.2) is 5.78 Å². The lowest BCUT2D eigenvalue weighted by molar-refractivity contribution is -0.137. The second-order valence-electron chi connectivity index (χ2n) is 9.51. The van der Waals surface area contributed by atoms with Gasteiger partial charge in [-0.15, -0.1) is 0 Å². The zero-order valence-electron chi connectivity index (χ0n) is 15.2. The number of fused-ring (bicyclic) bond motifs is 7. The van der Waals surface area contributed by atoms with Crippen LogP contribution in [0.4, 0.5) is 0 Å². The maximum Gasteiger partial charge on any atom is 0.142 e. The molecule has 0 N–H and O–H groups in total. The van der Waals surface area contributed by atoms with Crippen LogP contribution in [0.2, 0.25) is 0 Å². The molecule has 6 atom stereocenters. The fourth-order valence-corrected chi connectivity index (χ4v) is 7.77. The third-order valence-electron chi connectivity index (χ3n) is 8.78. The largest absolute Gasteiger partial charge is 0.299 e. The lowest BCUT2D eigenvalue weighted by Crippen LogP contribution is -2.54. The summed E-state index contributed by atoms with van der Waals surface area (Å²) in [6.07, 6.45) is 10.1. The maximum atomic E-state index is 13.6. The van der Waals surface area contributed by atoms with Crippen molar-refractivity contribution in [3.8, 4) is 0 Å².